The van der Waals surface area contributed by atoms with Gasteiger partial charge < -0.3 is 10.4 Å². The van der Waals surface area contributed by atoms with E-state index in [2.05, 4.69) is 45.5 Å². The number of allylic oxidation sites excluding steroid dienone is 2. The van der Waals surface area contributed by atoms with Gasteiger partial charge in [0.05, 0.1) is 6.61 Å². The van der Waals surface area contributed by atoms with Gasteiger partial charge in [-0.25, -0.2) is 0 Å². The molecule has 29 heavy (non-hydrogen) atoms. The second-order valence-electron chi connectivity index (χ2n) is 8.06. The number of nitrogens with one attached hydrogen (secondary N) is 1. The summed E-state index contributed by atoms with van der Waals surface area (Å²) in [5.41, 5.74) is 5.08. The third kappa shape index (κ3) is 4.26. The molecule has 3 atom stereocenters. The van der Waals surface area contributed by atoms with Crippen molar-refractivity contribution in [2.45, 2.75) is 50.7 Å². The number of carbonyl (C=O) groups excluding carboxylic acids is 1. The van der Waals surface area contributed by atoms with Crippen molar-refractivity contribution in [3.05, 3.63) is 71.6 Å². The van der Waals surface area contributed by atoms with Crippen molar-refractivity contribution in [1.82, 2.24) is 15.2 Å². The average molecular weight is 392 g/mol. The van der Waals surface area contributed by atoms with Crippen LogP contribution in [0.1, 0.15) is 48.8 Å². The molecule has 0 unspecified atom stereocenters. The molecule has 2 aromatic rings. The molecule has 1 aliphatic carbocycles. The van der Waals surface area contributed by atoms with Crippen molar-refractivity contribution >= 4 is 11.5 Å². The third-order valence-corrected chi connectivity index (χ3v) is 6.22. The first-order valence-electron chi connectivity index (χ1n) is 10.5. The van der Waals surface area contributed by atoms with Gasteiger partial charge in [-0.15, -0.1) is 0 Å². The van der Waals surface area contributed by atoms with Crippen LogP contribution >= 0.6 is 0 Å². The maximum atomic E-state index is 11.5. The molecular formula is C24H29N3O2. The Morgan fingerprint density at radius 2 is 2.07 bits per heavy atom. The smallest absolute Gasteiger partial charge is 0.216 e. The summed E-state index contributed by atoms with van der Waals surface area (Å²) in [5.74, 6) is 0.163. The highest BCUT2D eigenvalue weighted by atomic mass is 16.3. The largest absolute Gasteiger partial charge is 0.395 e. The van der Waals surface area contributed by atoms with E-state index < -0.39 is 0 Å². The van der Waals surface area contributed by atoms with Crippen LogP contribution in [-0.4, -0.2) is 46.1 Å². The topological polar surface area (TPSA) is 65.5 Å². The lowest BCUT2D eigenvalue weighted by atomic mass is 9.74. The number of nitrogens with zero attached hydrogens (tertiary/aromatic N) is 2. The highest BCUT2D eigenvalue weighted by molar-refractivity contribution is 5.73. The lowest BCUT2D eigenvalue weighted by Gasteiger charge is -2.55. The molecule has 0 saturated carbocycles. The molecule has 1 aromatic heterocycles. The fourth-order valence-corrected chi connectivity index (χ4v) is 4.76. The molecule has 1 saturated heterocycles. The summed E-state index contributed by atoms with van der Waals surface area (Å²) in [7, 11) is 0. The van der Waals surface area contributed by atoms with E-state index >= 15 is 0 Å². The van der Waals surface area contributed by atoms with E-state index in [1.807, 2.05) is 18.3 Å². The molecule has 5 heteroatoms. The van der Waals surface area contributed by atoms with Crippen LogP contribution in [0.25, 0.3) is 5.57 Å². The van der Waals surface area contributed by atoms with Gasteiger partial charge in [0.15, 0.2) is 0 Å². The number of amides is 1. The van der Waals surface area contributed by atoms with E-state index in [0.29, 0.717) is 13.1 Å². The highest BCUT2D eigenvalue weighted by Gasteiger charge is 2.48. The first kappa shape index (κ1) is 19.8. The summed E-state index contributed by atoms with van der Waals surface area (Å²) < 4.78 is 0. The van der Waals surface area contributed by atoms with Crippen molar-refractivity contribution in [3.63, 3.8) is 0 Å². The number of rotatable bonds is 7. The Labute approximate surface area is 172 Å². The first-order valence-corrected chi connectivity index (χ1v) is 10.5. The molecule has 1 aliphatic heterocycles. The highest BCUT2D eigenvalue weighted by Crippen LogP contribution is 2.42. The lowest BCUT2D eigenvalue weighted by Crippen LogP contribution is -2.66. The van der Waals surface area contributed by atoms with Crippen molar-refractivity contribution in [3.8, 4) is 0 Å². The van der Waals surface area contributed by atoms with E-state index in [-0.39, 0.29) is 30.5 Å². The zero-order valence-electron chi connectivity index (χ0n) is 16.9. The summed E-state index contributed by atoms with van der Waals surface area (Å²) in [6, 6.07) is 13.0. The van der Waals surface area contributed by atoms with Gasteiger partial charge in [0.1, 0.15) is 0 Å². The summed E-state index contributed by atoms with van der Waals surface area (Å²) in [6.45, 7) is 2.93. The van der Waals surface area contributed by atoms with Gasteiger partial charge in [0, 0.05) is 50.4 Å². The molecule has 2 N–H and O–H groups in total. The third-order valence-electron chi connectivity index (χ3n) is 6.22. The van der Waals surface area contributed by atoms with Crippen LogP contribution in [0.4, 0.5) is 0 Å². The van der Waals surface area contributed by atoms with Crippen LogP contribution in [0.2, 0.25) is 0 Å². The molecular weight excluding hydrogens is 362 g/mol. The number of aliphatic hydroxyl groups is 1. The monoisotopic (exact) mass is 391 g/mol. The van der Waals surface area contributed by atoms with Gasteiger partial charge in [-0.2, -0.15) is 0 Å². The Kier molecular flexibility index (Phi) is 6.07. The summed E-state index contributed by atoms with van der Waals surface area (Å²) in [5, 5.41) is 13.1. The molecule has 4 rings (SSSR count). The predicted molar refractivity (Wildman–Crippen MR) is 114 cm³/mol. The van der Waals surface area contributed by atoms with Crippen LogP contribution in [0.3, 0.4) is 0 Å². The Bertz CT molecular complexity index is 863. The van der Waals surface area contributed by atoms with E-state index in [1.165, 1.54) is 29.5 Å². The minimum Gasteiger partial charge on any atom is -0.395 e. The predicted octanol–water partition coefficient (Wildman–Crippen LogP) is 3.11. The second kappa shape index (κ2) is 8.89. The van der Waals surface area contributed by atoms with Gasteiger partial charge in [0.25, 0.3) is 0 Å². The fourth-order valence-electron chi connectivity index (χ4n) is 4.76. The number of aromatic nitrogens is 1. The van der Waals surface area contributed by atoms with Crippen LogP contribution in [-0.2, 0) is 11.3 Å². The van der Waals surface area contributed by atoms with Gasteiger partial charge >= 0.3 is 0 Å². The zero-order chi connectivity index (χ0) is 20.2. The van der Waals surface area contributed by atoms with E-state index in [9.17, 15) is 9.90 Å². The summed E-state index contributed by atoms with van der Waals surface area (Å²) in [4.78, 5) is 18.0. The van der Waals surface area contributed by atoms with Crippen molar-refractivity contribution in [2.24, 2.45) is 0 Å². The van der Waals surface area contributed by atoms with E-state index in [1.54, 1.807) is 13.1 Å². The quantitative estimate of drug-likeness (QED) is 0.761. The maximum Gasteiger partial charge on any atom is 0.216 e. The van der Waals surface area contributed by atoms with Crippen LogP contribution < -0.4 is 5.32 Å². The Balaban J connectivity index is 1.55. The van der Waals surface area contributed by atoms with Crippen molar-refractivity contribution in [2.75, 3.05) is 13.2 Å². The SMILES string of the molecule is CC(=O)NC[C@@H]1[C@@H](c2ccc(C3=CCCC3)cc2)[C@H](CO)N1Cc1cccnc1. The zero-order valence-corrected chi connectivity index (χ0v) is 16.9. The lowest BCUT2D eigenvalue weighted by molar-refractivity contribution is -0.120. The minimum atomic E-state index is -0.0268. The Morgan fingerprint density at radius 3 is 2.69 bits per heavy atom. The van der Waals surface area contributed by atoms with Crippen LogP contribution in [0.15, 0.2) is 54.9 Å². The molecule has 1 amide bonds. The molecule has 2 aliphatic rings. The molecule has 1 aromatic carbocycles. The maximum absolute atomic E-state index is 11.5. The molecule has 5 nitrogen and oxygen atoms in total. The standard InChI is InChI=1S/C24H29N3O2/c1-17(29)26-14-22-24(21-10-8-20(9-11-21)19-6-2-3-7-19)23(16-28)27(22)15-18-5-4-12-25-13-18/h4-6,8-13,22-24,28H,2-3,7,14-16H2,1H3,(H,26,29)/t22-,23+,24-/m1/s1. The van der Waals surface area contributed by atoms with E-state index in [0.717, 1.165) is 12.0 Å². The fraction of sp³-hybridized carbons (Fsp3) is 0.417. The number of hydrogen-bond donors (Lipinski definition) is 2. The average Bonchev–Trinajstić information content (AvgIpc) is 3.27. The number of hydrogen-bond acceptors (Lipinski definition) is 4. The molecule has 0 bridgehead atoms. The molecule has 152 valence electrons. The number of aliphatic hydroxyl groups excluding tert-OH is 1. The van der Waals surface area contributed by atoms with Crippen molar-refractivity contribution in [1.29, 1.82) is 0 Å². The van der Waals surface area contributed by atoms with Gasteiger partial charge in [-0.05, 0) is 47.6 Å². The van der Waals surface area contributed by atoms with Crippen LogP contribution in [0, 0.1) is 0 Å². The normalized spacial score (nSPS) is 24.1. The van der Waals surface area contributed by atoms with Gasteiger partial charge in [-0.3, -0.25) is 14.7 Å². The number of pyridine rings is 1. The number of benzene rings is 1. The van der Waals surface area contributed by atoms with Crippen molar-refractivity contribution < 1.29 is 9.90 Å². The second-order valence-corrected chi connectivity index (χ2v) is 8.06. The van der Waals surface area contributed by atoms with Crippen LogP contribution in [0.5, 0.6) is 0 Å². The molecule has 1 fully saturated rings. The molecule has 0 radical (unpaired) electrons. The first-order chi connectivity index (χ1) is 14.2. The van der Waals surface area contributed by atoms with E-state index in [4.69, 9.17) is 0 Å². The Morgan fingerprint density at radius 1 is 1.24 bits per heavy atom. The summed E-state index contributed by atoms with van der Waals surface area (Å²) in [6.07, 6.45) is 9.54. The summed E-state index contributed by atoms with van der Waals surface area (Å²) >= 11 is 0. The minimum absolute atomic E-state index is 0.0268. The molecule has 0 spiro atoms. The van der Waals surface area contributed by atoms with Gasteiger partial charge in [-0.1, -0.05) is 36.4 Å². The number of carbonyl (C=O) groups is 1. The number of likely N-dealkylation sites (tertiary alicyclic amines) is 1. The Hall–Kier alpha value is -2.50. The van der Waals surface area contributed by atoms with Gasteiger partial charge in [0.2, 0.25) is 5.91 Å². The molecule has 2 heterocycles.